The number of rotatable bonds is 8. The lowest BCUT2D eigenvalue weighted by atomic mass is 9.89. The van der Waals surface area contributed by atoms with E-state index in [2.05, 4.69) is 6.92 Å². The van der Waals surface area contributed by atoms with Crippen molar-refractivity contribution in [2.45, 2.75) is 51.7 Å². The summed E-state index contributed by atoms with van der Waals surface area (Å²) >= 11 is 0. The molecule has 0 radical (unpaired) electrons. The van der Waals surface area contributed by atoms with E-state index in [0.717, 1.165) is 23.4 Å². The molecule has 1 aromatic rings. The molecule has 0 aromatic heterocycles. The molecule has 8 heteroatoms. The van der Waals surface area contributed by atoms with E-state index in [1.165, 1.54) is 0 Å². The van der Waals surface area contributed by atoms with Crippen LogP contribution >= 0.6 is 0 Å². The molecule has 2 rings (SSSR count). The first-order valence-electron chi connectivity index (χ1n) is 8.68. The average Bonchev–Trinajstić information content (AvgIpc) is 2.50. The molecule has 146 valence electrons. The number of nitrogens with zero attached hydrogens (tertiary/aromatic N) is 1. The second kappa shape index (κ2) is 7.84. The first kappa shape index (κ1) is 20.5. The number of aliphatic carboxylic acids is 1. The molecule has 0 saturated heterocycles. The zero-order valence-corrected chi connectivity index (χ0v) is 16.5. The number of carbonyl (C=O) groups is 1. The molecule has 1 N–H and O–H groups in total. The topological polar surface area (TPSA) is 93.1 Å². The highest BCUT2D eigenvalue weighted by molar-refractivity contribution is 7.88. The number of unbranched alkanes of at least 4 members (excludes halogenated alkanes) is 1. The number of fused-ring (bicyclic) bond motifs is 1. The Bertz CT molecular complexity index is 759. The molecule has 0 bridgehead atoms. The second-order valence-corrected chi connectivity index (χ2v) is 9.12. The molecule has 1 heterocycles. The molecule has 26 heavy (non-hydrogen) atoms. The third kappa shape index (κ3) is 5.11. The molecule has 1 aliphatic heterocycles. The van der Waals surface area contributed by atoms with Crippen molar-refractivity contribution in [2.75, 3.05) is 19.4 Å². The molecule has 0 amide bonds. The van der Waals surface area contributed by atoms with E-state index >= 15 is 0 Å². The van der Waals surface area contributed by atoms with E-state index in [-0.39, 0.29) is 0 Å². The number of benzene rings is 1. The quantitative estimate of drug-likeness (QED) is 0.692. The Hall–Kier alpha value is -1.80. The third-order valence-electron chi connectivity index (χ3n) is 4.24. The summed E-state index contributed by atoms with van der Waals surface area (Å²) in [6, 6.07) is 4.67. The lowest BCUT2D eigenvalue weighted by Gasteiger charge is -2.41. The van der Waals surface area contributed by atoms with Crippen molar-refractivity contribution < 1.29 is 27.8 Å². The van der Waals surface area contributed by atoms with Gasteiger partial charge in [0.2, 0.25) is 10.0 Å². The van der Waals surface area contributed by atoms with Gasteiger partial charge in [0, 0.05) is 12.0 Å². The van der Waals surface area contributed by atoms with Gasteiger partial charge in [-0.15, -0.1) is 0 Å². The fraction of sp³-hybridized carbons (Fsp3) is 0.611. The average molecular weight is 385 g/mol. The summed E-state index contributed by atoms with van der Waals surface area (Å²) in [5.74, 6) is -0.0287. The van der Waals surface area contributed by atoms with Crippen LogP contribution in [0, 0.1) is 0 Å². The third-order valence-corrected chi connectivity index (χ3v) is 5.48. The van der Waals surface area contributed by atoms with Gasteiger partial charge in [-0.3, -0.25) is 4.79 Å². The maximum atomic E-state index is 12.3. The van der Waals surface area contributed by atoms with Gasteiger partial charge >= 0.3 is 5.97 Å². The molecule has 7 nitrogen and oxygen atoms in total. The zero-order chi connectivity index (χ0) is 19.5. The first-order chi connectivity index (χ1) is 12.0. The predicted molar refractivity (Wildman–Crippen MR) is 98.1 cm³/mol. The number of hydrogen-bond acceptors (Lipinski definition) is 5. The van der Waals surface area contributed by atoms with Crippen LogP contribution in [-0.4, -0.2) is 48.8 Å². The largest absolute Gasteiger partial charge is 0.494 e. The fourth-order valence-corrected chi connectivity index (χ4v) is 4.06. The number of hydrogen-bond donors (Lipinski definition) is 1. The van der Waals surface area contributed by atoms with Gasteiger partial charge in [0.1, 0.15) is 23.6 Å². The van der Waals surface area contributed by atoms with Crippen LogP contribution < -0.4 is 9.47 Å². The molecule has 1 atom stereocenters. The van der Waals surface area contributed by atoms with E-state index in [0.29, 0.717) is 30.1 Å². The van der Waals surface area contributed by atoms with Crippen LogP contribution in [0.5, 0.6) is 11.5 Å². The van der Waals surface area contributed by atoms with Crippen LogP contribution in [0.4, 0.5) is 0 Å². The molecule has 1 aromatic carbocycles. The summed E-state index contributed by atoms with van der Waals surface area (Å²) in [7, 11) is -3.73. The number of carboxylic acid groups (broad SMARTS) is 1. The van der Waals surface area contributed by atoms with Crippen molar-refractivity contribution in [1.82, 2.24) is 4.31 Å². The monoisotopic (exact) mass is 385 g/mol. The molecule has 0 saturated carbocycles. The van der Waals surface area contributed by atoms with Crippen molar-refractivity contribution in [2.24, 2.45) is 0 Å². The van der Waals surface area contributed by atoms with Gasteiger partial charge in [-0.25, -0.2) is 8.42 Å². The standard InChI is InChI=1S/C18H27NO6S/c1-5-6-9-24-13-7-8-16-14(10-13)15(11-18(2,3)25-16)19(12-17(20)21)26(4,22)23/h7-8,10,15H,5-6,9,11-12H2,1-4H3,(H,20,21). The van der Waals surface area contributed by atoms with Crippen LogP contribution in [0.2, 0.25) is 0 Å². The highest BCUT2D eigenvalue weighted by Gasteiger charge is 2.40. The van der Waals surface area contributed by atoms with Crippen LogP contribution in [0.15, 0.2) is 18.2 Å². The Kier molecular flexibility index (Phi) is 6.18. The number of sulfonamides is 1. The minimum atomic E-state index is -3.73. The van der Waals surface area contributed by atoms with Crippen LogP contribution in [-0.2, 0) is 14.8 Å². The Morgan fingerprint density at radius 3 is 2.69 bits per heavy atom. The fourth-order valence-electron chi connectivity index (χ4n) is 3.07. The number of carboxylic acids is 1. The summed E-state index contributed by atoms with van der Waals surface area (Å²) in [4.78, 5) is 11.3. The van der Waals surface area contributed by atoms with Gasteiger partial charge in [-0.1, -0.05) is 13.3 Å². The lowest BCUT2D eigenvalue weighted by molar-refractivity contribution is -0.137. The van der Waals surface area contributed by atoms with Crippen molar-refractivity contribution in [1.29, 1.82) is 0 Å². The SMILES string of the molecule is CCCCOc1ccc2c(c1)C(N(CC(=O)O)S(C)(=O)=O)CC(C)(C)O2. The maximum Gasteiger partial charge on any atom is 0.318 e. The number of ether oxygens (including phenoxy) is 2. The summed E-state index contributed by atoms with van der Waals surface area (Å²) in [6.07, 6.45) is 3.29. The minimum Gasteiger partial charge on any atom is -0.494 e. The van der Waals surface area contributed by atoms with E-state index in [9.17, 15) is 18.3 Å². The second-order valence-electron chi connectivity index (χ2n) is 7.19. The summed E-state index contributed by atoms with van der Waals surface area (Å²) in [6.45, 7) is 5.75. The van der Waals surface area contributed by atoms with Gasteiger partial charge in [0.25, 0.3) is 0 Å². The zero-order valence-electron chi connectivity index (χ0n) is 15.7. The molecule has 0 aliphatic carbocycles. The van der Waals surface area contributed by atoms with Gasteiger partial charge in [-0.05, 0) is 38.5 Å². The Labute approximate surface area is 155 Å². The molecular formula is C18H27NO6S. The Balaban J connectivity index is 2.45. The van der Waals surface area contributed by atoms with Crippen molar-refractivity contribution in [3.8, 4) is 11.5 Å². The minimum absolute atomic E-state index is 0.346. The normalized spacial score (nSPS) is 18.9. The molecule has 0 spiro atoms. The van der Waals surface area contributed by atoms with Gasteiger partial charge in [0.05, 0.1) is 18.9 Å². The molecule has 1 unspecified atom stereocenters. The highest BCUT2D eigenvalue weighted by Crippen LogP contribution is 2.44. The van der Waals surface area contributed by atoms with Gasteiger partial charge in [-0.2, -0.15) is 4.31 Å². The smallest absolute Gasteiger partial charge is 0.318 e. The maximum absolute atomic E-state index is 12.3. The van der Waals surface area contributed by atoms with Crippen molar-refractivity contribution >= 4 is 16.0 Å². The lowest BCUT2D eigenvalue weighted by Crippen LogP contribution is -2.45. The summed E-state index contributed by atoms with van der Waals surface area (Å²) in [5, 5.41) is 9.19. The van der Waals surface area contributed by atoms with E-state index in [1.54, 1.807) is 18.2 Å². The Morgan fingerprint density at radius 1 is 1.42 bits per heavy atom. The van der Waals surface area contributed by atoms with Crippen molar-refractivity contribution in [3.05, 3.63) is 23.8 Å². The van der Waals surface area contributed by atoms with E-state index in [1.807, 2.05) is 13.8 Å². The first-order valence-corrected chi connectivity index (χ1v) is 10.5. The summed E-state index contributed by atoms with van der Waals surface area (Å²) < 4.78 is 37.3. The van der Waals surface area contributed by atoms with Crippen LogP contribution in [0.3, 0.4) is 0 Å². The van der Waals surface area contributed by atoms with E-state index < -0.39 is 34.2 Å². The molecular weight excluding hydrogens is 358 g/mol. The van der Waals surface area contributed by atoms with Crippen LogP contribution in [0.25, 0.3) is 0 Å². The van der Waals surface area contributed by atoms with Crippen LogP contribution in [0.1, 0.15) is 51.6 Å². The highest BCUT2D eigenvalue weighted by atomic mass is 32.2. The molecule has 0 fully saturated rings. The van der Waals surface area contributed by atoms with Gasteiger partial charge in [0.15, 0.2) is 0 Å². The van der Waals surface area contributed by atoms with Crippen molar-refractivity contribution in [3.63, 3.8) is 0 Å². The molecule has 1 aliphatic rings. The van der Waals surface area contributed by atoms with Gasteiger partial charge < -0.3 is 14.6 Å². The predicted octanol–water partition coefficient (Wildman–Crippen LogP) is 2.81. The van der Waals surface area contributed by atoms with E-state index in [4.69, 9.17) is 9.47 Å². The summed E-state index contributed by atoms with van der Waals surface area (Å²) in [5.41, 5.74) is 0.00829. The Morgan fingerprint density at radius 2 is 2.12 bits per heavy atom.